The second kappa shape index (κ2) is 8.00. The Bertz CT molecular complexity index is 595. The third-order valence-electron chi connectivity index (χ3n) is 4.55. The molecule has 122 valence electrons. The second-order valence-electron chi connectivity index (χ2n) is 6.25. The first kappa shape index (κ1) is 15.9. The van der Waals surface area contributed by atoms with E-state index in [0.29, 0.717) is 12.6 Å². The van der Waals surface area contributed by atoms with E-state index < -0.39 is 0 Å². The summed E-state index contributed by atoms with van der Waals surface area (Å²) in [6.07, 6.45) is 15.4. The molecule has 23 heavy (non-hydrogen) atoms. The van der Waals surface area contributed by atoms with Crippen LogP contribution in [0.15, 0.2) is 42.5 Å². The Morgan fingerprint density at radius 3 is 2.78 bits per heavy atom. The lowest BCUT2D eigenvalue weighted by molar-refractivity contribution is -0.119. The first-order valence-electron chi connectivity index (χ1n) is 8.58. The predicted octanol–water partition coefficient (Wildman–Crippen LogP) is 4.61. The van der Waals surface area contributed by atoms with Crippen molar-refractivity contribution in [1.82, 2.24) is 0 Å². The van der Waals surface area contributed by atoms with Gasteiger partial charge in [-0.05, 0) is 49.5 Å². The molecule has 0 aromatic heterocycles. The van der Waals surface area contributed by atoms with Crippen LogP contribution in [0.1, 0.15) is 44.1 Å². The lowest BCUT2D eigenvalue weighted by Crippen LogP contribution is -2.15. The minimum atomic E-state index is 0.266. The highest BCUT2D eigenvalue weighted by atomic mass is 16.7. The van der Waals surface area contributed by atoms with Crippen LogP contribution in [0.25, 0.3) is 0 Å². The summed E-state index contributed by atoms with van der Waals surface area (Å²) in [4.78, 5) is 12.0. The monoisotopic (exact) mass is 312 g/mol. The standard InChI is InChI=1S/C20H24O3/c21-18(17-9-5-3-6-10-17)11-7-2-1-4-8-16-12-13-19-20(14-16)23-15-22-19/h1-2,7,11-14,17H,3-6,8-10,15H2/b2-1+,11-7+. The number of ether oxygens (including phenoxy) is 2. The largest absolute Gasteiger partial charge is 0.454 e. The molecular weight excluding hydrogens is 288 g/mol. The maximum atomic E-state index is 12.0. The highest BCUT2D eigenvalue weighted by molar-refractivity contribution is 5.91. The van der Waals surface area contributed by atoms with Gasteiger partial charge in [-0.1, -0.05) is 43.6 Å². The van der Waals surface area contributed by atoms with Crippen LogP contribution in [0.5, 0.6) is 11.5 Å². The number of hydrogen-bond acceptors (Lipinski definition) is 3. The van der Waals surface area contributed by atoms with E-state index >= 15 is 0 Å². The Morgan fingerprint density at radius 2 is 1.91 bits per heavy atom. The fourth-order valence-electron chi connectivity index (χ4n) is 3.19. The van der Waals surface area contributed by atoms with Gasteiger partial charge in [0.05, 0.1) is 0 Å². The molecule has 2 aliphatic rings. The Balaban J connectivity index is 1.40. The molecular formula is C20H24O3. The molecule has 1 aliphatic carbocycles. The van der Waals surface area contributed by atoms with Gasteiger partial charge in [-0.2, -0.15) is 0 Å². The molecule has 1 heterocycles. The Kier molecular flexibility index (Phi) is 5.51. The Hall–Kier alpha value is -2.03. The molecule has 0 unspecified atom stereocenters. The van der Waals surface area contributed by atoms with E-state index in [1.54, 1.807) is 6.08 Å². The number of carbonyl (C=O) groups excluding carboxylic acids is 1. The van der Waals surface area contributed by atoms with E-state index in [2.05, 4.69) is 12.1 Å². The molecule has 1 fully saturated rings. The van der Waals surface area contributed by atoms with Crippen molar-refractivity contribution in [3.63, 3.8) is 0 Å². The van der Waals surface area contributed by atoms with Crippen LogP contribution in [0, 0.1) is 5.92 Å². The van der Waals surface area contributed by atoms with Crippen molar-refractivity contribution in [3.05, 3.63) is 48.1 Å². The molecule has 0 radical (unpaired) electrons. The van der Waals surface area contributed by atoms with Gasteiger partial charge in [0.25, 0.3) is 0 Å². The van der Waals surface area contributed by atoms with Crippen molar-refractivity contribution in [3.8, 4) is 11.5 Å². The molecule has 1 saturated carbocycles. The van der Waals surface area contributed by atoms with Crippen LogP contribution in [-0.4, -0.2) is 12.6 Å². The van der Waals surface area contributed by atoms with E-state index in [1.165, 1.54) is 24.8 Å². The number of benzene rings is 1. The van der Waals surface area contributed by atoms with Crippen LogP contribution >= 0.6 is 0 Å². The van der Waals surface area contributed by atoms with Gasteiger partial charge in [0, 0.05) is 5.92 Å². The molecule has 0 saturated heterocycles. The smallest absolute Gasteiger partial charge is 0.231 e. The van der Waals surface area contributed by atoms with Crippen LogP contribution in [-0.2, 0) is 11.2 Å². The van der Waals surface area contributed by atoms with E-state index in [0.717, 1.165) is 37.2 Å². The topological polar surface area (TPSA) is 35.5 Å². The summed E-state index contributed by atoms with van der Waals surface area (Å²) >= 11 is 0. The van der Waals surface area contributed by atoms with Crippen LogP contribution in [0.4, 0.5) is 0 Å². The first-order chi connectivity index (χ1) is 11.3. The van der Waals surface area contributed by atoms with Gasteiger partial charge in [0.15, 0.2) is 17.3 Å². The number of hydrogen-bond donors (Lipinski definition) is 0. The molecule has 0 bridgehead atoms. The van der Waals surface area contributed by atoms with Crippen molar-refractivity contribution in [1.29, 1.82) is 0 Å². The van der Waals surface area contributed by atoms with Gasteiger partial charge >= 0.3 is 0 Å². The van der Waals surface area contributed by atoms with Crippen LogP contribution in [0.2, 0.25) is 0 Å². The van der Waals surface area contributed by atoms with Crippen molar-refractivity contribution in [2.24, 2.45) is 5.92 Å². The molecule has 0 atom stereocenters. The van der Waals surface area contributed by atoms with E-state index in [4.69, 9.17) is 9.47 Å². The van der Waals surface area contributed by atoms with Crippen LogP contribution in [0.3, 0.4) is 0 Å². The first-order valence-corrected chi connectivity index (χ1v) is 8.58. The molecule has 3 rings (SSSR count). The molecule has 1 aromatic carbocycles. The third-order valence-corrected chi connectivity index (χ3v) is 4.55. The van der Waals surface area contributed by atoms with Crippen molar-refractivity contribution in [2.75, 3.05) is 6.79 Å². The predicted molar refractivity (Wildman–Crippen MR) is 90.7 cm³/mol. The van der Waals surface area contributed by atoms with Crippen molar-refractivity contribution < 1.29 is 14.3 Å². The third kappa shape index (κ3) is 4.47. The zero-order valence-electron chi connectivity index (χ0n) is 13.5. The number of fused-ring (bicyclic) bond motifs is 1. The molecule has 3 nitrogen and oxygen atoms in total. The summed E-state index contributed by atoms with van der Waals surface area (Å²) in [7, 11) is 0. The maximum Gasteiger partial charge on any atom is 0.231 e. The highest BCUT2D eigenvalue weighted by Crippen LogP contribution is 2.32. The van der Waals surface area contributed by atoms with Gasteiger partial charge in [0.1, 0.15) is 0 Å². The van der Waals surface area contributed by atoms with Gasteiger partial charge in [0.2, 0.25) is 6.79 Å². The van der Waals surface area contributed by atoms with E-state index in [-0.39, 0.29) is 5.92 Å². The van der Waals surface area contributed by atoms with E-state index in [1.807, 2.05) is 24.3 Å². The fourth-order valence-corrected chi connectivity index (χ4v) is 3.19. The minimum Gasteiger partial charge on any atom is -0.454 e. The zero-order chi connectivity index (χ0) is 15.9. The quantitative estimate of drug-likeness (QED) is 0.568. The van der Waals surface area contributed by atoms with E-state index in [9.17, 15) is 4.79 Å². The number of rotatable bonds is 6. The van der Waals surface area contributed by atoms with Gasteiger partial charge < -0.3 is 9.47 Å². The number of allylic oxidation sites excluding steroid dienone is 4. The Morgan fingerprint density at radius 1 is 1.09 bits per heavy atom. The SMILES string of the molecule is O=C(/C=C/C=C/CCc1ccc2c(c1)OCO2)C1CCCCC1. The summed E-state index contributed by atoms with van der Waals surface area (Å²) < 4.78 is 10.7. The van der Waals surface area contributed by atoms with Gasteiger partial charge in [-0.15, -0.1) is 0 Å². The Labute approximate surface area is 138 Å². The second-order valence-corrected chi connectivity index (χ2v) is 6.25. The molecule has 0 spiro atoms. The van der Waals surface area contributed by atoms with Crippen LogP contribution < -0.4 is 9.47 Å². The fraction of sp³-hybridized carbons (Fsp3) is 0.450. The molecule has 0 amide bonds. The highest BCUT2D eigenvalue weighted by Gasteiger charge is 2.18. The maximum absolute atomic E-state index is 12.0. The lowest BCUT2D eigenvalue weighted by atomic mass is 9.86. The summed E-state index contributed by atoms with van der Waals surface area (Å²) in [6, 6.07) is 6.08. The molecule has 0 N–H and O–H groups in total. The lowest BCUT2D eigenvalue weighted by Gasteiger charge is -2.18. The van der Waals surface area contributed by atoms with Gasteiger partial charge in [-0.25, -0.2) is 0 Å². The normalized spacial score (nSPS) is 18.1. The average Bonchev–Trinajstić information content (AvgIpc) is 3.06. The van der Waals surface area contributed by atoms with Crippen molar-refractivity contribution >= 4 is 5.78 Å². The zero-order valence-corrected chi connectivity index (χ0v) is 13.5. The summed E-state index contributed by atoms with van der Waals surface area (Å²) in [6.45, 7) is 0.318. The number of carbonyl (C=O) groups is 1. The molecule has 3 heteroatoms. The number of ketones is 1. The summed E-state index contributed by atoms with van der Waals surface area (Å²) in [5.41, 5.74) is 1.24. The van der Waals surface area contributed by atoms with Crippen molar-refractivity contribution in [2.45, 2.75) is 44.9 Å². The molecule has 1 aliphatic heterocycles. The average molecular weight is 312 g/mol. The summed E-state index contributed by atoms with van der Waals surface area (Å²) in [5, 5.41) is 0. The molecule has 1 aromatic rings. The minimum absolute atomic E-state index is 0.266. The summed E-state index contributed by atoms with van der Waals surface area (Å²) in [5.74, 6) is 2.23. The van der Waals surface area contributed by atoms with Gasteiger partial charge in [-0.3, -0.25) is 4.79 Å². The number of aryl methyl sites for hydroxylation is 1.